The average Bonchev–Trinajstić information content (AvgIpc) is 3.75. The first kappa shape index (κ1) is 24.3. The molecular weight excluding hydrogens is 552 g/mol. The molecule has 4 heterocycles. The topological polar surface area (TPSA) is 48.8 Å². The SMILES string of the molecule is c1ccc(-n2c3ccccc3c3cc4c(cc32)c2ccccc2n4-c2nccc(-c3cccc4c3oc3ccccc34)n2)cc1. The minimum Gasteiger partial charge on any atom is -0.455 e. The predicted octanol–water partition coefficient (Wildman–Crippen LogP) is 10.2. The first-order valence-electron chi connectivity index (χ1n) is 15.1. The predicted molar refractivity (Wildman–Crippen MR) is 183 cm³/mol. The Balaban J connectivity index is 1.26. The van der Waals surface area contributed by atoms with E-state index >= 15 is 0 Å². The van der Waals surface area contributed by atoms with Gasteiger partial charge in [0.15, 0.2) is 0 Å². The Morgan fingerprint density at radius 2 is 1.09 bits per heavy atom. The van der Waals surface area contributed by atoms with Crippen molar-refractivity contribution in [1.82, 2.24) is 19.1 Å². The Kier molecular flexibility index (Phi) is 4.93. The maximum Gasteiger partial charge on any atom is 0.235 e. The Morgan fingerprint density at radius 3 is 1.87 bits per heavy atom. The normalized spacial score (nSPS) is 12.0. The molecule has 210 valence electrons. The molecule has 0 amide bonds. The molecule has 4 aromatic heterocycles. The van der Waals surface area contributed by atoms with Gasteiger partial charge in [0.1, 0.15) is 11.2 Å². The second-order valence-electron chi connectivity index (χ2n) is 11.4. The smallest absolute Gasteiger partial charge is 0.235 e. The van der Waals surface area contributed by atoms with E-state index in [0.717, 1.165) is 60.7 Å². The van der Waals surface area contributed by atoms with Crippen LogP contribution in [0.5, 0.6) is 0 Å². The lowest BCUT2D eigenvalue weighted by atomic mass is 10.1. The number of hydrogen-bond donors (Lipinski definition) is 0. The van der Waals surface area contributed by atoms with Crippen molar-refractivity contribution in [1.29, 1.82) is 0 Å². The van der Waals surface area contributed by atoms with Gasteiger partial charge < -0.3 is 8.98 Å². The second kappa shape index (κ2) is 9.15. The molecule has 5 nitrogen and oxygen atoms in total. The summed E-state index contributed by atoms with van der Waals surface area (Å²) in [6.45, 7) is 0. The minimum atomic E-state index is 0.623. The summed E-state index contributed by atoms with van der Waals surface area (Å²) >= 11 is 0. The molecule has 0 aliphatic carbocycles. The quantitative estimate of drug-likeness (QED) is 0.210. The molecule has 0 aliphatic heterocycles. The van der Waals surface area contributed by atoms with Crippen molar-refractivity contribution >= 4 is 65.6 Å². The van der Waals surface area contributed by atoms with Gasteiger partial charge in [0.05, 0.1) is 27.8 Å². The zero-order valence-electron chi connectivity index (χ0n) is 24.1. The monoisotopic (exact) mass is 576 g/mol. The van der Waals surface area contributed by atoms with E-state index in [4.69, 9.17) is 14.4 Å². The van der Waals surface area contributed by atoms with Gasteiger partial charge in [0.25, 0.3) is 0 Å². The summed E-state index contributed by atoms with van der Waals surface area (Å²) in [5, 5.41) is 6.90. The average molecular weight is 577 g/mol. The van der Waals surface area contributed by atoms with Gasteiger partial charge in [-0.25, -0.2) is 9.97 Å². The number of hydrogen-bond acceptors (Lipinski definition) is 3. The highest BCUT2D eigenvalue weighted by molar-refractivity contribution is 6.19. The molecular formula is C40H24N4O. The van der Waals surface area contributed by atoms with Crippen LogP contribution in [0.2, 0.25) is 0 Å². The number of para-hydroxylation sites is 5. The van der Waals surface area contributed by atoms with Crippen molar-refractivity contribution in [2.45, 2.75) is 0 Å². The van der Waals surface area contributed by atoms with Crippen molar-refractivity contribution in [2.24, 2.45) is 0 Å². The van der Waals surface area contributed by atoms with E-state index in [1.165, 1.54) is 21.8 Å². The molecule has 10 rings (SSSR count). The van der Waals surface area contributed by atoms with Crippen molar-refractivity contribution in [3.05, 3.63) is 146 Å². The van der Waals surface area contributed by atoms with E-state index < -0.39 is 0 Å². The lowest BCUT2D eigenvalue weighted by Crippen LogP contribution is -2.01. The standard InChI is InChI=1S/C40H24N4O/c1-2-11-25(12-3-1)43-34-18-7-4-13-26(34)31-24-37-32(23-36(31)43)27-14-5-8-19-35(27)44(37)40-41-22-21-33(42-40)30-17-10-16-29-28-15-6-9-20-38(28)45-39(29)30/h1-24H. The fourth-order valence-electron chi connectivity index (χ4n) is 7.06. The van der Waals surface area contributed by atoms with Gasteiger partial charge in [-0.05, 0) is 54.6 Å². The molecule has 45 heavy (non-hydrogen) atoms. The highest BCUT2D eigenvalue weighted by atomic mass is 16.3. The highest BCUT2D eigenvalue weighted by Crippen LogP contribution is 2.40. The molecule has 0 spiro atoms. The zero-order valence-corrected chi connectivity index (χ0v) is 24.1. The van der Waals surface area contributed by atoms with Crippen LogP contribution in [-0.2, 0) is 0 Å². The molecule has 0 N–H and O–H groups in total. The second-order valence-corrected chi connectivity index (χ2v) is 11.4. The van der Waals surface area contributed by atoms with Crippen LogP contribution in [0.1, 0.15) is 0 Å². The van der Waals surface area contributed by atoms with Gasteiger partial charge in [0, 0.05) is 49.8 Å². The van der Waals surface area contributed by atoms with E-state index in [2.05, 4.69) is 124 Å². The molecule has 0 atom stereocenters. The number of rotatable bonds is 3. The van der Waals surface area contributed by atoms with Crippen LogP contribution in [0.15, 0.2) is 150 Å². The molecule has 0 aliphatic rings. The van der Waals surface area contributed by atoms with Crippen molar-refractivity contribution in [3.63, 3.8) is 0 Å². The van der Waals surface area contributed by atoms with E-state index in [9.17, 15) is 0 Å². The fraction of sp³-hybridized carbons (Fsp3) is 0. The summed E-state index contributed by atoms with van der Waals surface area (Å²) in [6.07, 6.45) is 1.85. The van der Waals surface area contributed by atoms with Crippen LogP contribution in [0, 0.1) is 0 Å². The van der Waals surface area contributed by atoms with Crippen molar-refractivity contribution in [2.75, 3.05) is 0 Å². The Hall–Kier alpha value is -6.20. The zero-order chi connectivity index (χ0) is 29.5. The Bertz CT molecular complexity index is 2770. The highest BCUT2D eigenvalue weighted by Gasteiger charge is 2.20. The maximum atomic E-state index is 6.37. The molecule has 0 fully saturated rings. The first-order chi connectivity index (χ1) is 22.3. The number of aromatic nitrogens is 4. The molecule has 10 aromatic rings. The molecule has 0 saturated carbocycles. The van der Waals surface area contributed by atoms with E-state index in [1.54, 1.807) is 0 Å². The summed E-state index contributed by atoms with van der Waals surface area (Å²) in [4.78, 5) is 10.0. The van der Waals surface area contributed by atoms with Crippen molar-refractivity contribution in [3.8, 4) is 22.9 Å². The largest absolute Gasteiger partial charge is 0.455 e. The lowest BCUT2D eigenvalue weighted by molar-refractivity contribution is 0.670. The van der Waals surface area contributed by atoms with E-state index in [0.29, 0.717) is 5.95 Å². The molecule has 6 aromatic carbocycles. The van der Waals surface area contributed by atoms with Crippen LogP contribution >= 0.6 is 0 Å². The summed E-state index contributed by atoms with van der Waals surface area (Å²) < 4.78 is 10.9. The third kappa shape index (κ3) is 3.43. The van der Waals surface area contributed by atoms with E-state index in [-0.39, 0.29) is 0 Å². The van der Waals surface area contributed by atoms with Crippen LogP contribution in [0.25, 0.3) is 88.4 Å². The lowest BCUT2D eigenvalue weighted by Gasteiger charge is -2.09. The van der Waals surface area contributed by atoms with E-state index in [1.807, 2.05) is 30.5 Å². The molecule has 0 unspecified atom stereocenters. The summed E-state index contributed by atoms with van der Waals surface area (Å²) in [7, 11) is 0. The third-order valence-electron chi connectivity index (χ3n) is 9.00. The number of fused-ring (bicyclic) bond motifs is 9. The molecule has 0 saturated heterocycles. The molecule has 5 heteroatoms. The fourth-order valence-corrected chi connectivity index (χ4v) is 7.06. The number of benzene rings is 6. The van der Waals surface area contributed by atoms with Crippen LogP contribution in [-0.4, -0.2) is 19.1 Å². The summed E-state index contributed by atoms with van der Waals surface area (Å²) in [5.74, 6) is 0.623. The minimum absolute atomic E-state index is 0.623. The van der Waals surface area contributed by atoms with Gasteiger partial charge in [-0.15, -0.1) is 0 Å². The summed E-state index contributed by atoms with van der Waals surface area (Å²) in [6, 6.07) is 48.7. The molecule has 0 bridgehead atoms. The first-order valence-corrected chi connectivity index (χ1v) is 15.1. The Morgan fingerprint density at radius 1 is 0.467 bits per heavy atom. The van der Waals surface area contributed by atoms with Crippen LogP contribution < -0.4 is 0 Å². The number of nitrogens with zero attached hydrogens (tertiary/aromatic N) is 4. The van der Waals surface area contributed by atoms with Gasteiger partial charge in [-0.3, -0.25) is 4.57 Å². The Labute approximate surface area is 257 Å². The summed E-state index contributed by atoms with van der Waals surface area (Å²) in [5.41, 5.74) is 9.09. The molecule has 0 radical (unpaired) electrons. The third-order valence-corrected chi connectivity index (χ3v) is 9.00. The van der Waals surface area contributed by atoms with Crippen LogP contribution in [0.4, 0.5) is 0 Å². The van der Waals surface area contributed by atoms with Crippen molar-refractivity contribution < 1.29 is 4.42 Å². The van der Waals surface area contributed by atoms with Gasteiger partial charge >= 0.3 is 0 Å². The van der Waals surface area contributed by atoms with Gasteiger partial charge in [0.2, 0.25) is 5.95 Å². The van der Waals surface area contributed by atoms with Gasteiger partial charge in [-0.1, -0.05) is 84.9 Å². The number of furan rings is 1. The maximum absolute atomic E-state index is 6.37. The van der Waals surface area contributed by atoms with Gasteiger partial charge in [-0.2, -0.15) is 0 Å². The van der Waals surface area contributed by atoms with Crippen LogP contribution in [0.3, 0.4) is 0 Å².